The van der Waals surface area contributed by atoms with Gasteiger partial charge >= 0.3 is 0 Å². The van der Waals surface area contributed by atoms with E-state index in [-0.39, 0.29) is 0 Å². The number of nitrogens with one attached hydrogen (secondary N) is 2. The highest BCUT2D eigenvalue weighted by molar-refractivity contribution is 5.78. The molecular formula is C20H24N4O. The van der Waals surface area contributed by atoms with Gasteiger partial charge in [-0.3, -0.25) is 0 Å². The molecule has 1 aliphatic rings. The SMILES string of the molecule is COc1ccc(Cn2c(NC3CCNCC3)nc3ccccc32)cc1. The molecule has 5 nitrogen and oxygen atoms in total. The highest BCUT2D eigenvalue weighted by Crippen LogP contribution is 2.23. The predicted molar refractivity (Wildman–Crippen MR) is 101 cm³/mol. The second kappa shape index (κ2) is 7.15. The van der Waals surface area contributed by atoms with Crippen molar-refractivity contribution in [2.24, 2.45) is 0 Å². The maximum Gasteiger partial charge on any atom is 0.204 e. The molecule has 1 fully saturated rings. The van der Waals surface area contributed by atoms with E-state index < -0.39 is 0 Å². The van der Waals surface area contributed by atoms with E-state index >= 15 is 0 Å². The third-order valence-corrected chi connectivity index (χ3v) is 4.83. The van der Waals surface area contributed by atoms with Gasteiger partial charge < -0.3 is 19.9 Å². The van der Waals surface area contributed by atoms with Gasteiger partial charge in [-0.05, 0) is 55.8 Å². The molecule has 3 aromatic rings. The minimum absolute atomic E-state index is 0.479. The van der Waals surface area contributed by atoms with Crippen molar-refractivity contribution in [2.75, 3.05) is 25.5 Å². The molecule has 25 heavy (non-hydrogen) atoms. The Bertz CT molecular complexity index is 835. The molecule has 1 aliphatic heterocycles. The summed E-state index contributed by atoms with van der Waals surface area (Å²) in [6.45, 7) is 2.92. The number of imidazole rings is 1. The van der Waals surface area contributed by atoms with Gasteiger partial charge in [0.05, 0.1) is 24.7 Å². The molecule has 0 unspecified atom stereocenters. The molecule has 5 heteroatoms. The van der Waals surface area contributed by atoms with E-state index in [2.05, 4.69) is 45.5 Å². The topological polar surface area (TPSA) is 51.1 Å². The molecular weight excluding hydrogens is 312 g/mol. The molecule has 2 N–H and O–H groups in total. The molecule has 0 aliphatic carbocycles. The fourth-order valence-electron chi connectivity index (χ4n) is 3.41. The standard InChI is InChI=1S/C20H24N4O/c1-25-17-8-6-15(7-9-17)14-24-19-5-3-2-4-18(19)23-20(24)22-16-10-12-21-13-11-16/h2-9,16,21H,10-14H2,1H3,(H,22,23). The number of nitrogens with zero attached hydrogens (tertiary/aromatic N) is 2. The van der Waals surface area contributed by atoms with Crippen LogP contribution in [0, 0.1) is 0 Å². The van der Waals surface area contributed by atoms with Crippen molar-refractivity contribution in [3.05, 3.63) is 54.1 Å². The third kappa shape index (κ3) is 3.46. The van der Waals surface area contributed by atoms with Crippen LogP contribution in [0.1, 0.15) is 18.4 Å². The number of methoxy groups -OCH3 is 1. The molecule has 1 aromatic heterocycles. The van der Waals surface area contributed by atoms with Crippen molar-refractivity contribution in [1.29, 1.82) is 0 Å². The summed E-state index contributed by atoms with van der Waals surface area (Å²) < 4.78 is 7.54. The molecule has 0 radical (unpaired) electrons. The highest BCUT2D eigenvalue weighted by Gasteiger charge is 2.17. The van der Waals surface area contributed by atoms with Gasteiger partial charge in [-0.1, -0.05) is 24.3 Å². The molecule has 4 rings (SSSR count). The fraction of sp³-hybridized carbons (Fsp3) is 0.350. The first kappa shape index (κ1) is 16.0. The Kier molecular flexibility index (Phi) is 4.57. The first-order valence-corrected chi connectivity index (χ1v) is 8.89. The van der Waals surface area contributed by atoms with Gasteiger partial charge in [-0.15, -0.1) is 0 Å². The maximum absolute atomic E-state index is 5.26. The van der Waals surface area contributed by atoms with E-state index in [1.807, 2.05) is 18.2 Å². The first-order chi connectivity index (χ1) is 12.3. The molecule has 0 amide bonds. The quantitative estimate of drug-likeness (QED) is 0.751. The van der Waals surface area contributed by atoms with Crippen LogP contribution in [-0.4, -0.2) is 35.8 Å². The lowest BCUT2D eigenvalue weighted by atomic mass is 10.1. The van der Waals surface area contributed by atoms with Gasteiger partial charge in [0.2, 0.25) is 5.95 Å². The van der Waals surface area contributed by atoms with Crippen LogP contribution in [0.4, 0.5) is 5.95 Å². The van der Waals surface area contributed by atoms with E-state index in [0.717, 1.165) is 55.2 Å². The van der Waals surface area contributed by atoms with Crippen LogP contribution in [0.5, 0.6) is 5.75 Å². The van der Waals surface area contributed by atoms with Gasteiger partial charge in [-0.25, -0.2) is 4.98 Å². The Hall–Kier alpha value is -2.53. The average Bonchev–Trinajstić information content (AvgIpc) is 3.00. The Morgan fingerprint density at radius 1 is 1.12 bits per heavy atom. The summed E-state index contributed by atoms with van der Waals surface area (Å²) in [5.41, 5.74) is 3.43. The van der Waals surface area contributed by atoms with Crippen LogP contribution < -0.4 is 15.4 Å². The summed E-state index contributed by atoms with van der Waals surface area (Å²) in [7, 11) is 1.69. The Morgan fingerprint density at radius 3 is 2.64 bits per heavy atom. The molecule has 2 heterocycles. The monoisotopic (exact) mass is 336 g/mol. The maximum atomic E-state index is 5.26. The summed E-state index contributed by atoms with van der Waals surface area (Å²) in [6, 6.07) is 17.1. The Labute approximate surface area is 148 Å². The van der Waals surface area contributed by atoms with E-state index in [1.54, 1.807) is 7.11 Å². The fourth-order valence-corrected chi connectivity index (χ4v) is 3.41. The van der Waals surface area contributed by atoms with Gasteiger partial charge in [0.1, 0.15) is 5.75 Å². The van der Waals surface area contributed by atoms with Gasteiger partial charge in [0.25, 0.3) is 0 Å². The van der Waals surface area contributed by atoms with Crippen LogP contribution in [0.2, 0.25) is 0 Å². The van der Waals surface area contributed by atoms with Crippen molar-refractivity contribution in [2.45, 2.75) is 25.4 Å². The van der Waals surface area contributed by atoms with Crippen LogP contribution in [0.3, 0.4) is 0 Å². The average molecular weight is 336 g/mol. The van der Waals surface area contributed by atoms with Crippen molar-refractivity contribution in [3.8, 4) is 5.75 Å². The lowest BCUT2D eigenvalue weighted by Crippen LogP contribution is -2.36. The second-order valence-electron chi connectivity index (χ2n) is 6.53. The van der Waals surface area contributed by atoms with Crippen molar-refractivity contribution >= 4 is 17.0 Å². The lowest BCUT2D eigenvalue weighted by Gasteiger charge is -2.24. The molecule has 0 spiro atoms. The summed E-state index contributed by atoms with van der Waals surface area (Å²) in [5, 5.41) is 7.08. The number of para-hydroxylation sites is 2. The van der Waals surface area contributed by atoms with Crippen LogP contribution in [0.15, 0.2) is 48.5 Å². The van der Waals surface area contributed by atoms with Crippen LogP contribution in [-0.2, 0) is 6.54 Å². The number of hydrogen-bond donors (Lipinski definition) is 2. The Morgan fingerprint density at radius 2 is 1.88 bits per heavy atom. The number of anilines is 1. The van der Waals surface area contributed by atoms with Gasteiger partial charge in [0.15, 0.2) is 0 Å². The number of fused-ring (bicyclic) bond motifs is 1. The zero-order chi connectivity index (χ0) is 17.1. The highest BCUT2D eigenvalue weighted by atomic mass is 16.5. The molecule has 0 atom stereocenters. The number of rotatable bonds is 5. The second-order valence-corrected chi connectivity index (χ2v) is 6.53. The van der Waals surface area contributed by atoms with E-state index in [4.69, 9.17) is 9.72 Å². The molecule has 130 valence electrons. The summed E-state index contributed by atoms with van der Waals surface area (Å²) in [4.78, 5) is 4.84. The molecule has 1 saturated heterocycles. The Balaban J connectivity index is 1.65. The zero-order valence-electron chi connectivity index (χ0n) is 14.5. The molecule has 0 saturated carbocycles. The molecule has 0 bridgehead atoms. The van der Waals surface area contributed by atoms with Crippen molar-refractivity contribution in [3.63, 3.8) is 0 Å². The number of piperidine rings is 1. The third-order valence-electron chi connectivity index (χ3n) is 4.83. The number of hydrogen-bond acceptors (Lipinski definition) is 4. The zero-order valence-corrected chi connectivity index (χ0v) is 14.5. The van der Waals surface area contributed by atoms with E-state index in [0.29, 0.717) is 6.04 Å². The lowest BCUT2D eigenvalue weighted by molar-refractivity contribution is 0.414. The number of ether oxygens (including phenoxy) is 1. The van der Waals surface area contributed by atoms with Crippen LogP contribution >= 0.6 is 0 Å². The first-order valence-electron chi connectivity index (χ1n) is 8.89. The van der Waals surface area contributed by atoms with Crippen molar-refractivity contribution in [1.82, 2.24) is 14.9 Å². The number of benzene rings is 2. The minimum atomic E-state index is 0.479. The van der Waals surface area contributed by atoms with Crippen LogP contribution in [0.25, 0.3) is 11.0 Å². The summed E-state index contributed by atoms with van der Waals surface area (Å²) in [5.74, 6) is 1.84. The largest absolute Gasteiger partial charge is 0.497 e. The summed E-state index contributed by atoms with van der Waals surface area (Å²) in [6.07, 6.45) is 2.26. The summed E-state index contributed by atoms with van der Waals surface area (Å²) >= 11 is 0. The number of aromatic nitrogens is 2. The van der Waals surface area contributed by atoms with Gasteiger partial charge in [-0.2, -0.15) is 0 Å². The predicted octanol–water partition coefficient (Wildman–Crippen LogP) is 3.26. The minimum Gasteiger partial charge on any atom is -0.497 e. The van der Waals surface area contributed by atoms with E-state index in [9.17, 15) is 0 Å². The molecule has 2 aromatic carbocycles. The van der Waals surface area contributed by atoms with Gasteiger partial charge in [0, 0.05) is 6.04 Å². The van der Waals surface area contributed by atoms with E-state index in [1.165, 1.54) is 5.56 Å². The van der Waals surface area contributed by atoms with Crippen molar-refractivity contribution < 1.29 is 4.74 Å². The normalized spacial score (nSPS) is 15.4. The smallest absolute Gasteiger partial charge is 0.204 e.